The lowest BCUT2D eigenvalue weighted by atomic mass is 10.1. The zero-order valence-corrected chi connectivity index (χ0v) is 9.91. The van der Waals surface area contributed by atoms with E-state index in [2.05, 4.69) is 20.9 Å². The normalized spacial score (nSPS) is 34.2. The molecule has 0 bridgehead atoms. The Kier molecular flexibility index (Phi) is 3.56. The number of rotatable bonds is 2. The lowest BCUT2D eigenvalue weighted by Gasteiger charge is -2.13. The van der Waals surface area contributed by atoms with Crippen molar-refractivity contribution in [2.75, 3.05) is 6.61 Å². The molecule has 1 fully saturated rings. The number of halogens is 1. The van der Waals surface area contributed by atoms with Crippen LogP contribution in [-0.2, 0) is 4.74 Å². The first-order chi connectivity index (χ1) is 7.63. The first kappa shape index (κ1) is 11.9. The molecule has 1 aliphatic heterocycles. The summed E-state index contributed by atoms with van der Waals surface area (Å²) in [7, 11) is 0. The fourth-order valence-electron chi connectivity index (χ4n) is 1.70. The van der Waals surface area contributed by atoms with Gasteiger partial charge < -0.3 is 20.1 Å². The van der Waals surface area contributed by atoms with Crippen molar-refractivity contribution in [1.29, 1.82) is 0 Å². The lowest BCUT2D eigenvalue weighted by molar-refractivity contribution is -0.0239. The molecule has 1 aromatic heterocycles. The number of pyridine rings is 1. The molecule has 0 radical (unpaired) electrons. The number of aromatic nitrogens is 1. The Morgan fingerprint density at radius 2 is 2.06 bits per heavy atom. The van der Waals surface area contributed by atoms with E-state index in [-0.39, 0.29) is 6.61 Å². The predicted molar refractivity (Wildman–Crippen MR) is 58.7 cm³/mol. The maximum absolute atomic E-state index is 9.74. The zero-order valence-electron chi connectivity index (χ0n) is 8.32. The van der Waals surface area contributed by atoms with Crippen LogP contribution in [0.25, 0.3) is 0 Å². The van der Waals surface area contributed by atoms with Crippen molar-refractivity contribution in [3.63, 3.8) is 0 Å². The van der Waals surface area contributed by atoms with Gasteiger partial charge in [0.25, 0.3) is 0 Å². The van der Waals surface area contributed by atoms with E-state index in [0.717, 1.165) is 4.47 Å². The average molecular weight is 290 g/mol. The van der Waals surface area contributed by atoms with E-state index in [1.165, 1.54) is 0 Å². The molecule has 1 saturated heterocycles. The highest BCUT2D eigenvalue weighted by Crippen LogP contribution is 2.32. The highest BCUT2D eigenvalue weighted by molar-refractivity contribution is 9.10. The van der Waals surface area contributed by atoms with Crippen molar-refractivity contribution < 1.29 is 20.1 Å². The molecule has 1 unspecified atom stereocenters. The Balaban J connectivity index is 2.19. The van der Waals surface area contributed by atoms with Gasteiger partial charge >= 0.3 is 0 Å². The number of hydrogen-bond donors (Lipinski definition) is 3. The van der Waals surface area contributed by atoms with Gasteiger partial charge in [0, 0.05) is 10.7 Å². The maximum atomic E-state index is 9.74. The van der Waals surface area contributed by atoms with Crippen LogP contribution >= 0.6 is 15.9 Å². The largest absolute Gasteiger partial charge is 0.394 e. The van der Waals surface area contributed by atoms with Gasteiger partial charge in [-0.15, -0.1) is 0 Å². The summed E-state index contributed by atoms with van der Waals surface area (Å²) in [6.07, 6.45) is -2.01. The standard InChI is InChI=1S/C10H12BrNO4/c11-5-1-2-6(12-3-5)10-9(15)8(14)7(4-13)16-10/h1-3,7-10,13-15H,4H2/t7-,8-,9-,10?/m1/s1. The van der Waals surface area contributed by atoms with E-state index in [1.807, 2.05) is 0 Å². The van der Waals surface area contributed by atoms with Crippen LogP contribution in [-0.4, -0.2) is 45.2 Å². The summed E-state index contributed by atoms with van der Waals surface area (Å²) in [4.78, 5) is 4.09. The van der Waals surface area contributed by atoms with Crippen LogP contribution in [0.1, 0.15) is 11.8 Å². The number of aliphatic hydroxyl groups excluding tert-OH is 3. The van der Waals surface area contributed by atoms with Crippen LogP contribution in [0.2, 0.25) is 0 Å². The monoisotopic (exact) mass is 289 g/mol. The topological polar surface area (TPSA) is 82.8 Å². The summed E-state index contributed by atoms with van der Waals surface area (Å²) in [5.41, 5.74) is 0.533. The quantitative estimate of drug-likeness (QED) is 0.714. The van der Waals surface area contributed by atoms with E-state index in [4.69, 9.17) is 9.84 Å². The summed E-state index contributed by atoms with van der Waals surface area (Å²) in [5.74, 6) is 0. The second kappa shape index (κ2) is 4.77. The van der Waals surface area contributed by atoms with E-state index < -0.39 is 24.4 Å². The molecule has 6 heteroatoms. The van der Waals surface area contributed by atoms with Gasteiger partial charge in [-0.25, -0.2) is 0 Å². The summed E-state index contributed by atoms with van der Waals surface area (Å²) >= 11 is 3.25. The van der Waals surface area contributed by atoms with Crippen LogP contribution in [0.5, 0.6) is 0 Å². The molecule has 5 nitrogen and oxygen atoms in total. The van der Waals surface area contributed by atoms with E-state index in [9.17, 15) is 10.2 Å². The first-order valence-electron chi connectivity index (χ1n) is 4.87. The zero-order chi connectivity index (χ0) is 11.7. The van der Waals surface area contributed by atoms with Crippen molar-refractivity contribution >= 4 is 15.9 Å². The molecule has 4 atom stereocenters. The first-order valence-corrected chi connectivity index (χ1v) is 5.66. The molecule has 0 spiro atoms. The van der Waals surface area contributed by atoms with Gasteiger partial charge in [0.2, 0.25) is 0 Å². The molecule has 0 amide bonds. The number of ether oxygens (including phenoxy) is 1. The number of aliphatic hydroxyl groups is 3. The average Bonchev–Trinajstić information content (AvgIpc) is 2.57. The Morgan fingerprint density at radius 3 is 2.56 bits per heavy atom. The summed E-state index contributed by atoms with van der Waals surface area (Å²) < 4.78 is 6.16. The van der Waals surface area contributed by atoms with E-state index in [0.29, 0.717) is 5.69 Å². The summed E-state index contributed by atoms with van der Waals surface area (Å²) in [6.45, 7) is -0.328. The van der Waals surface area contributed by atoms with Gasteiger partial charge in [0.15, 0.2) is 0 Å². The fourth-order valence-corrected chi connectivity index (χ4v) is 1.93. The van der Waals surface area contributed by atoms with Gasteiger partial charge in [-0.1, -0.05) is 0 Å². The molecular weight excluding hydrogens is 278 g/mol. The Labute approximate surface area is 101 Å². The highest BCUT2D eigenvalue weighted by atomic mass is 79.9. The number of hydrogen-bond acceptors (Lipinski definition) is 5. The summed E-state index contributed by atoms with van der Waals surface area (Å²) in [6, 6.07) is 3.47. The second-order valence-electron chi connectivity index (χ2n) is 3.66. The fraction of sp³-hybridized carbons (Fsp3) is 0.500. The minimum Gasteiger partial charge on any atom is -0.394 e. The highest BCUT2D eigenvalue weighted by Gasteiger charge is 2.43. The Morgan fingerprint density at radius 1 is 1.31 bits per heavy atom. The molecule has 0 aromatic carbocycles. The Bertz CT molecular complexity index is 358. The van der Waals surface area contributed by atoms with Crippen molar-refractivity contribution in [3.05, 3.63) is 28.5 Å². The third-order valence-electron chi connectivity index (χ3n) is 2.58. The van der Waals surface area contributed by atoms with Gasteiger partial charge in [-0.2, -0.15) is 0 Å². The van der Waals surface area contributed by atoms with Crippen molar-refractivity contribution in [2.45, 2.75) is 24.4 Å². The summed E-state index contributed by atoms with van der Waals surface area (Å²) in [5, 5.41) is 28.3. The van der Waals surface area contributed by atoms with E-state index in [1.54, 1.807) is 18.3 Å². The molecule has 2 heterocycles. The lowest BCUT2D eigenvalue weighted by Crippen LogP contribution is -2.32. The third-order valence-corrected chi connectivity index (χ3v) is 3.05. The minimum atomic E-state index is -1.08. The molecule has 16 heavy (non-hydrogen) atoms. The predicted octanol–water partition coefficient (Wildman–Crippen LogP) is -0.00190. The van der Waals surface area contributed by atoms with E-state index >= 15 is 0 Å². The smallest absolute Gasteiger partial charge is 0.128 e. The van der Waals surface area contributed by atoms with Crippen molar-refractivity contribution in [1.82, 2.24) is 4.98 Å². The van der Waals surface area contributed by atoms with Gasteiger partial charge in [0.05, 0.1) is 12.3 Å². The molecule has 1 aromatic rings. The van der Waals surface area contributed by atoms with Gasteiger partial charge in [-0.3, -0.25) is 4.98 Å². The van der Waals surface area contributed by atoms with Gasteiger partial charge in [-0.05, 0) is 28.1 Å². The molecule has 2 rings (SSSR count). The maximum Gasteiger partial charge on any atom is 0.128 e. The Hall–Kier alpha value is -0.530. The minimum absolute atomic E-state index is 0.328. The third kappa shape index (κ3) is 2.11. The second-order valence-corrected chi connectivity index (χ2v) is 4.58. The molecular formula is C10H12BrNO4. The SMILES string of the molecule is OC[C@H]1OC(c2ccc(Br)cn2)[C@H](O)[C@@H]1O. The van der Waals surface area contributed by atoms with Gasteiger partial charge in [0.1, 0.15) is 24.4 Å². The molecule has 0 aliphatic carbocycles. The molecule has 0 saturated carbocycles. The van der Waals surface area contributed by atoms with Crippen molar-refractivity contribution in [3.8, 4) is 0 Å². The van der Waals surface area contributed by atoms with Crippen LogP contribution in [0.15, 0.2) is 22.8 Å². The molecule has 1 aliphatic rings. The van der Waals surface area contributed by atoms with Crippen LogP contribution in [0.3, 0.4) is 0 Å². The van der Waals surface area contributed by atoms with Crippen LogP contribution in [0, 0.1) is 0 Å². The van der Waals surface area contributed by atoms with Crippen LogP contribution < -0.4 is 0 Å². The van der Waals surface area contributed by atoms with Crippen LogP contribution in [0.4, 0.5) is 0 Å². The molecule has 3 N–H and O–H groups in total. The molecule has 88 valence electrons. The van der Waals surface area contributed by atoms with Crippen molar-refractivity contribution in [2.24, 2.45) is 0 Å². The number of nitrogens with zero attached hydrogens (tertiary/aromatic N) is 1.